The number of aryl methyl sites for hydroxylation is 1. The lowest BCUT2D eigenvalue weighted by Crippen LogP contribution is -2.48. The maximum Gasteiger partial charge on any atom is 0.290 e. The molecule has 2 heterocycles. The Kier molecular flexibility index (Phi) is 3.68. The van der Waals surface area contributed by atoms with E-state index >= 15 is 0 Å². The van der Waals surface area contributed by atoms with Crippen LogP contribution in [0.3, 0.4) is 0 Å². The Labute approximate surface area is 128 Å². The summed E-state index contributed by atoms with van der Waals surface area (Å²) < 4.78 is 11.4. The van der Waals surface area contributed by atoms with E-state index in [4.69, 9.17) is 20.8 Å². The molecule has 4 nitrogen and oxygen atoms in total. The number of morpholine rings is 1. The number of carbonyl (C=O) groups is 1. The average Bonchev–Trinajstić information content (AvgIpc) is 2.76. The van der Waals surface area contributed by atoms with Gasteiger partial charge in [-0.25, -0.2) is 0 Å². The third kappa shape index (κ3) is 2.54. The molecule has 1 aliphatic rings. The topological polar surface area (TPSA) is 42.7 Å². The molecule has 1 amide bonds. The summed E-state index contributed by atoms with van der Waals surface area (Å²) in [7, 11) is 0. The number of rotatable bonds is 1. The van der Waals surface area contributed by atoms with Gasteiger partial charge in [-0.15, -0.1) is 0 Å². The van der Waals surface area contributed by atoms with Crippen molar-refractivity contribution in [3.8, 4) is 0 Å². The first kappa shape index (κ1) is 14.4. The zero-order chi connectivity index (χ0) is 15.1. The summed E-state index contributed by atoms with van der Waals surface area (Å²) in [5.41, 5.74) is 1.42. The van der Waals surface area contributed by atoms with Crippen LogP contribution < -0.4 is 0 Å². The number of hydrogen-bond donors (Lipinski definition) is 0. The van der Waals surface area contributed by atoms with Crippen molar-refractivity contribution in [3.63, 3.8) is 0 Å². The van der Waals surface area contributed by atoms with Crippen LogP contribution >= 0.6 is 11.6 Å². The van der Waals surface area contributed by atoms with Gasteiger partial charge in [-0.3, -0.25) is 4.79 Å². The van der Waals surface area contributed by atoms with Gasteiger partial charge < -0.3 is 14.1 Å². The first-order chi connectivity index (χ1) is 9.97. The van der Waals surface area contributed by atoms with Crippen molar-refractivity contribution in [2.75, 3.05) is 13.1 Å². The Hall–Kier alpha value is -1.52. The van der Waals surface area contributed by atoms with Gasteiger partial charge in [0.25, 0.3) is 5.91 Å². The molecule has 0 unspecified atom stereocenters. The Morgan fingerprint density at radius 3 is 2.57 bits per heavy atom. The Balaban J connectivity index is 1.98. The van der Waals surface area contributed by atoms with E-state index in [1.54, 1.807) is 11.0 Å². The lowest BCUT2D eigenvalue weighted by Gasteiger charge is -2.34. The maximum atomic E-state index is 12.7. The molecule has 0 aliphatic carbocycles. The normalized spacial score (nSPS) is 22.8. The first-order valence-corrected chi connectivity index (χ1v) is 7.47. The Bertz CT molecular complexity index is 684. The van der Waals surface area contributed by atoms with Crippen LogP contribution in [-0.4, -0.2) is 36.1 Å². The maximum absolute atomic E-state index is 12.7. The smallest absolute Gasteiger partial charge is 0.290 e. The second-order valence-corrected chi connectivity index (χ2v) is 6.05. The lowest BCUT2D eigenvalue weighted by atomic mass is 10.1. The highest BCUT2D eigenvalue weighted by Crippen LogP contribution is 2.31. The molecule has 1 aliphatic heterocycles. The van der Waals surface area contributed by atoms with Gasteiger partial charge in [-0.1, -0.05) is 23.7 Å². The summed E-state index contributed by atoms with van der Waals surface area (Å²) in [6.45, 7) is 6.99. The highest BCUT2D eigenvalue weighted by molar-refractivity contribution is 6.35. The number of ether oxygens (including phenoxy) is 1. The molecule has 0 radical (unpaired) electrons. The predicted octanol–water partition coefficient (Wildman–Crippen LogP) is 3.64. The average molecular weight is 308 g/mol. The van der Waals surface area contributed by atoms with Gasteiger partial charge in [0.15, 0.2) is 11.3 Å². The Morgan fingerprint density at radius 2 is 1.95 bits per heavy atom. The van der Waals surface area contributed by atoms with E-state index in [0.717, 1.165) is 10.9 Å². The number of benzene rings is 1. The van der Waals surface area contributed by atoms with Gasteiger partial charge >= 0.3 is 0 Å². The zero-order valence-corrected chi connectivity index (χ0v) is 13.1. The number of nitrogens with zero attached hydrogens (tertiary/aromatic N) is 1. The molecule has 2 atom stereocenters. The van der Waals surface area contributed by atoms with Crippen LogP contribution in [0, 0.1) is 6.92 Å². The molecule has 112 valence electrons. The molecular weight excluding hydrogens is 290 g/mol. The highest BCUT2D eigenvalue weighted by atomic mass is 35.5. The second kappa shape index (κ2) is 5.35. The number of amides is 1. The molecule has 3 rings (SSSR count). The van der Waals surface area contributed by atoms with Crippen LogP contribution in [0.1, 0.15) is 30.0 Å². The largest absolute Gasteiger partial charge is 0.449 e. The number of para-hydroxylation sites is 1. The van der Waals surface area contributed by atoms with Crippen LogP contribution in [-0.2, 0) is 4.74 Å². The first-order valence-electron chi connectivity index (χ1n) is 7.09. The molecule has 2 aromatic rings. The lowest BCUT2D eigenvalue weighted by molar-refractivity contribution is -0.0592. The quantitative estimate of drug-likeness (QED) is 0.807. The molecule has 1 saturated heterocycles. The van der Waals surface area contributed by atoms with Crippen molar-refractivity contribution >= 4 is 28.5 Å². The monoisotopic (exact) mass is 307 g/mol. The molecule has 1 aromatic carbocycles. The molecular formula is C16H18ClNO3. The summed E-state index contributed by atoms with van der Waals surface area (Å²) in [4.78, 5) is 14.5. The standard InChI is InChI=1S/C16H18ClNO3/c1-9-7-18(8-10(2)20-9)16(19)14-11(3)12-5-4-6-13(17)15(12)21-14/h4-6,9-10H,7-8H2,1-3H3/t9-,10-/m1/s1. The van der Waals surface area contributed by atoms with Crippen LogP contribution in [0.2, 0.25) is 5.02 Å². The SMILES string of the molecule is Cc1c(C(=O)N2C[C@@H](C)O[C@H](C)C2)oc2c(Cl)cccc12. The van der Waals surface area contributed by atoms with Crippen molar-refractivity contribution in [1.82, 2.24) is 4.90 Å². The predicted molar refractivity (Wildman–Crippen MR) is 81.9 cm³/mol. The summed E-state index contributed by atoms with van der Waals surface area (Å²) in [6, 6.07) is 5.54. The van der Waals surface area contributed by atoms with Gasteiger partial charge in [0.1, 0.15) is 0 Å². The third-order valence-corrected chi connectivity index (χ3v) is 4.11. The number of furan rings is 1. The van der Waals surface area contributed by atoms with Crippen LogP contribution in [0.25, 0.3) is 11.0 Å². The third-order valence-electron chi connectivity index (χ3n) is 3.82. The second-order valence-electron chi connectivity index (χ2n) is 5.64. The molecule has 21 heavy (non-hydrogen) atoms. The van der Waals surface area contributed by atoms with Crippen molar-refractivity contribution in [3.05, 3.63) is 34.5 Å². The van der Waals surface area contributed by atoms with E-state index in [2.05, 4.69) is 0 Å². The van der Waals surface area contributed by atoms with Gasteiger partial charge in [-0.2, -0.15) is 0 Å². The number of fused-ring (bicyclic) bond motifs is 1. The van der Waals surface area contributed by atoms with Gasteiger partial charge in [0, 0.05) is 24.0 Å². The number of hydrogen-bond acceptors (Lipinski definition) is 3. The number of carbonyl (C=O) groups excluding carboxylic acids is 1. The summed E-state index contributed by atoms with van der Waals surface area (Å²) in [6.07, 6.45) is 0.0666. The summed E-state index contributed by atoms with van der Waals surface area (Å²) in [5.74, 6) is 0.279. The fourth-order valence-electron chi connectivity index (χ4n) is 2.90. The minimum absolute atomic E-state index is 0.0333. The van der Waals surface area contributed by atoms with Crippen molar-refractivity contribution < 1.29 is 13.9 Å². The van der Waals surface area contributed by atoms with Crippen LogP contribution in [0.5, 0.6) is 0 Å². The molecule has 0 spiro atoms. The molecule has 1 fully saturated rings. The molecule has 0 N–H and O–H groups in total. The fourth-order valence-corrected chi connectivity index (χ4v) is 3.11. The molecule has 0 saturated carbocycles. The molecule has 1 aromatic heterocycles. The van der Waals surface area contributed by atoms with Crippen molar-refractivity contribution in [2.45, 2.75) is 33.0 Å². The molecule has 0 bridgehead atoms. The van der Waals surface area contributed by atoms with Gasteiger partial charge in [0.2, 0.25) is 0 Å². The summed E-state index contributed by atoms with van der Waals surface area (Å²) in [5, 5.41) is 1.42. The molecule has 5 heteroatoms. The van der Waals surface area contributed by atoms with Crippen LogP contribution in [0.4, 0.5) is 0 Å². The van der Waals surface area contributed by atoms with Gasteiger partial charge in [0.05, 0.1) is 17.2 Å². The highest BCUT2D eigenvalue weighted by Gasteiger charge is 2.30. The van der Waals surface area contributed by atoms with E-state index in [-0.39, 0.29) is 18.1 Å². The van der Waals surface area contributed by atoms with E-state index in [0.29, 0.717) is 29.5 Å². The fraction of sp³-hybridized carbons (Fsp3) is 0.438. The minimum Gasteiger partial charge on any atom is -0.449 e. The van der Waals surface area contributed by atoms with E-state index in [1.807, 2.05) is 32.9 Å². The van der Waals surface area contributed by atoms with Crippen molar-refractivity contribution in [1.29, 1.82) is 0 Å². The number of halogens is 1. The Morgan fingerprint density at radius 1 is 1.29 bits per heavy atom. The minimum atomic E-state index is -0.0956. The van der Waals surface area contributed by atoms with Gasteiger partial charge in [-0.05, 0) is 26.8 Å². The van der Waals surface area contributed by atoms with Crippen molar-refractivity contribution in [2.24, 2.45) is 0 Å². The van der Waals surface area contributed by atoms with E-state index in [1.165, 1.54) is 0 Å². The summed E-state index contributed by atoms with van der Waals surface area (Å²) >= 11 is 6.14. The van der Waals surface area contributed by atoms with E-state index in [9.17, 15) is 4.79 Å². The van der Waals surface area contributed by atoms with Crippen LogP contribution in [0.15, 0.2) is 22.6 Å². The van der Waals surface area contributed by atoms with E-state index < -0.39 is 0 Å². The zero-order valence-electron chi connectivity index (χ0n) is 12.4.